The van der Waals surface area contributed by atoms with Crippen LogP contribution in [0.15, 0.2) is 54.6 Å². The standard InChI is InChI=1S/C21H16F3NO/c1-13-19(21(22,23)24)18(20(26)14-7-3-2-4-8-14)17-11-15-9-5-6-10-16(15)12-25(13)17/h2-10H,11-12H2,1H3. The largest absolute Gasteiger partial charge is 0.418 e. The number of ketones is 1. The highest BCUT2D eigenvalue weighted by Gasteiger charge is 2.42. The lowest BCUT2D eigenvalue weighted by Crippen LogP contribution is -2.17. The minimum atomic E-state index is -4.58. The molecule has 1 aliphatic rings. The summed E-state index contributed by atoms with van der Waals surface area (Å²) in [5.41, 5.74) is 1.75. The van der Waals surface area contributed by atoms with Gasteiger partial charge in [-0.1, -0.05) is 54.6 Å². The summed E-state index contributed by atoms with van der Waals surface area (Å²) in [7, 11) is 0. The molecule has 1 aromatic heterocycles. The molecule has 0 bridgehead atoms. The fraction of sp³-hybridized carbons (Fsp3) is 0.190. The van der Waals surface area contributed by atoms with E-state index >= 15 is 0 Å². The first kappa shape index (κ1) is 16.6. The van der Waals surface area contributed by atoms with Gasteiger partial charge in [-0.2, -0.15) is 13.2 Å². The quantitative estimate of drug-likeness (QED) is 0.464. The Morgan fingerprint density at radius 3 is 2.23 bits per heavy atom. The van der Waals surface area contributed by atoms with Gasteiger partial charge in [0.1, 0.15) is 0 Å². The van der Waals surface area contributed by atoms with Gasteiger partial charge < -0.3 is 4.57 Å². The van der Waals surface area contributed by atoms with Crippen molar-refractivity contribution in [1.29, 1.82) is 0 Å². The zero-order valence-corrected chi connectivity index (χ0v) is 14.1. The minimum Gasteiger partial charge on any atom is -0.343 e. The van der Waals surface area contributed by atoms with Gasteiger partial charge in [-0.05, 0) is 18.1 Å². The molecule has 2 aromatic carbocycles. The molecule has 0 atom stereocenters. The van der Waals surface area contributed by atoms with E-state index in [2.05, 4.69) is 0 Å². The van der Waals surface area contributed by atoms with E-state index in [1.807, 2.05) is 24.3 Å². The first-order valence-corrected chi connectivity index (χ1v) is 8.33. The van der Waals surface area contributed by atoms with E-state index in [4.69, 9.17) is 0 Å². The zero-order valence-electron chi connectivity index (χ0n) is 14.1. The Bertz CT molecular complexity index is 1000. The highest BCUT2D eigenvalue weighted by Crippen LogP contribution is 2.41. The van der Waals surface area contributed by atoms with Crippen molar-refractivity contribution >= 4 is 5.78 Å². The van der Waals surface area contributed by atoms with Crippen molar-refractivity contribution in [1.82, 2.24) is 4.57 Å². The highest BCUT2D eigenvalue weighted by molar-refractivity contribution is 6.11. The van der Waals surface area contributed by atoms with E-state index < -0.39 is 17.5 Å². The maximum atomic E-state index is 13.8. The molecule has 132 valence electrons. The van der Waals surface area contributed by atoms with E-state index in [0.717, 1.165) is 11.1 Å². The number of benzene rings is 2. The summed E-state index contributed by atoms with van der Waals surface area (Å²) in [6.07, 6.45) is -4.26. The minimum absolute atomic E-state index is 0.0984. The van der Waals surface area contributed by atoms with Crippen LogP contribution in [-0.2, 0) is 19.1 Å². The SMILES string of the molecule is Cc1c(C(F)(F)F)c(C(=O)c2ccccc2)c2n1Cc1ccccc1C2. The number of rotatable bonds is 2. The number of carbonyl (C=O) groups excluding carboxylic acids is 1. The fourth-order valence-electron chi connectivity index (χ4n) is 3.76. The van der Waals surface area contributed by atoms with Crippen LogP contribution in [0.2, 0.25) is 0 Å². The van der Waals surface area contributed by atoms with Gasteiger partial charge in [0.2, 0.25) is 0 Å². The lowest BCUT2D eigenvalue weighted by molar-refractivity contribution is -0.138. The van der Waals surface area contributed by atoms with Gasteiger partial charge in [-0.3, -0.25) is 4.79 Å². The monoisotopic (exact) mass is 355 g/mol. The van der Waals surface area contributed by atoms with Crippen molar-refractivity contribution in [3.63, 3.8) is 0 Å². The van der Waals surface area contributed by atoms with Crippen molar-refractivity contribution in [2.75, 3.05) is 0 Å². The van der Waals surface area contributed by atoms with Gasteiger partial charge >= 0.3 is 6.18 Å². The zero-order chi connectivity index (χ0) is 18.5. The molecule has 0 unspecified atom stereocenters. The number of aromatic nitrogens is 1. The lowest BCUT2D eigenvalue weighted by atomic mass is 9.93. The molecule has 3 aromatic rings. The van der Waals surface area contributed by atoms with Gasteiger partial charge in [-0.15, -0.1) is 0 Å². The maximum Gasteiger partial charge on any atom is 0.418 e. The van der Waals surface area contributed by atoms with Crippen LogP contribution in [0, 0.1) is 6.92 Å². The first-order valence-electron chi connectivity index (χ1n) is 8.33. The molecule has 0 radical (unpaired) electrons. The number of carbonyl (C=O) groups is 1. The molecule has 0 N–H and O–H groups in total. The summed E-state index contributed by atoms with van der Waals surface area (Å²) in [6, 6.07) is 15.7. The van der Waals surface area contributed by atoms with Crippen LogP contribution in [0.5, 0.6) is 0 Å². The molecule has 0 aliphatic carbocycles. The van der Waals surface area contributed by atoms with Gasteiger partial charge in [0, 0.05) is 29.9 Å². The van der Waals surface area contributed by atoms with Crippen LogP contribution in [0.25, 0.3) is 0 Å². The number of alkyl halides is 3. The Kier molecular flexibility index (Phi) is 3.75. The Morgan fingerprint density at radius 1 is 0.962 bits per heavy atom. The van der Waals surface area contributed by atoms with Crippen LogP contribution >= 0.6 is 0 Å². The van der Waals surface area contributed by atoms with E-state index in [1.165, 1.54) is 6.92 Å². The molecular weight excluding hydrogens is 339 g/mol. The number of halogens is 3. The molecular formula is C21H16F3NO. The topological polar surface area (TPSA) is 22.0 Å². The second kappa shape index (κ2) is 5.87. The fourth-order valence-corrected chi connectivity index (χ4v) is 3.76. The molecule has 2 heterocycles. The highest BCUT2D eigenvalue weighted by atomic mass is 19.4. The maximum absolute atomic E-state index is 13.8. The van der Waals surface area contributed by atoms with E-state index in [0.29, 0.717) is 18.7 Å². The molecule has 0 amide bonds. The molecule has 0 saturated carbocycles. The number of hydrogen-bond acceptors (Lipinski definition) is 1. The molecule has 2 nitrogen and oxygen atoms in total. The third-order valence-electron chi connectivity index (χ3n) is 4.98. The van der Waals surface area contributed by atoms with E-state index in [9.17, 15) is 18.0 Å². The normalized spacial score (nSPS) is 13.2. The van der Waals surface area contributed by atoms with Crippen molar-refractivity contribution in [3.05, 3.63) is 93.8 Å². The summed E-state index contributed by atoms with van der Waals surface area (Å²) in [4.78, 5) is 13.0. The summed E-state index contributed by atoms with van der Waals surface area (Å²) in [5.74, 6) is -0.575. The smallest absolute Gasteiger partial charge is 0.343 e. The Balaban J connectivity index is 1.95. The Hall–Kier alpha value is -2.82. The predicted molar refractivity (Wildman–Crippen MR) is 92.4 cm³/mol. The summed E-state index contributed by atoms with van der Waals surface area (Å²) < 4.78 is 43.1. The van der Waals surface area contributed by atoms with E-state index in [1.54, 1.807) is 34.9 Å². The number of fused-ring (bicyclic) bond motifs is 2. The van der Waals surface area contributed by atoms with Crippen molar-refractivity contribution in [2.45, 2.75) is 26.1 Å². The van der Waals surface area contributed by atoms with Crippen LogP contribution in [-0.4, -0.2) is 10.4 Å². The van der Waals surface area contributed by atoms with Crippen molar-refractivity contribution in [2.24, 2.45) is 0 Å². The van der Waals surface area contributed by atoms with Gasteiger partial charge in [0.25, 0.3) is 0 Å². The molecule has 0 fully saturated rings. The molecule has 26 heavy (non-hydrogen) atoms. The van der Waals surface area contributed by atoms with Crippen LogP contribution < -0.4 is 0 Å². The second-order valence-electron chi connectivity index (χ2n) is 6.51. The molecule has 1 aliphatic heterocycles. The van der Waals surface area contributed by atoms with Crippen molar-refractivity contribution in [3.8, 4) is 0 Å². The third-order valence-corrected chi connectivity index (χ3v) is 4.98. The average Bonchev–Trinajstić information content (AvgIpc) is 2.92. The summed E-state index contributed by atoms with van der Waals surface area (Å²) >= 11 is 0. The van der Waals surface area contributed by atoms with Crippen LogP contribution in [0.3, 0.4) is 0 Å². The third kappa shape index (κ3) is 2.55. The molecule has 4 rings (SSSR count). The van der Waals surface area contributed by atoms with Crippen molar-refractivity contribution < 1.29 is 18.0 Å². The Morgan fingerprint density at radius 2 is 1.58 bits per heavy atom. The Labute approximate surface area is 148 Å². The molecule has 0 saturated heterocycles. The average molecular weight is 355 g/mol. The second-order valence-corrected chi connectivity index (χ2v) is 6.51. The molecule has 5 heteroatoms. The number of hydrogen-bond donors (Lipinski definition) is 0. The van der Waals surface area contributed by atoms with E-state index in [-0.39, 0.29) is 16.8 Å². The molecule has 0 spiro atoms. The van der Waals surface area contributed by atoms with Crippen LogP contribution in [0.4, 0.5) is 13.2 Å². The van der Waals surface area contributed by atoms with Gasteiger partial charge in [0.15, 0.2) is 5.78 Å². The predicted octanol–water partition coefficient (Wildman–Crippen LogP) is 5.00. The lowest BCUT2D eigenvalue weighted by Gasteiger charge is -2.21. The van der Waals surface area contributed by atoms with Gasteiger partial charge in [-0.25, -0.2) is 0 Å². The van der Waals surface area contributed by atoms with Gasteiger partial charge in [0.05, 0.1) is 11.1 Å². The van der Waals surface area contributed by atoms with Crippen LogP contribution in [0.1, 0.15) is 44.0 Å². The first-order chi connectivity index (χ1) is 12.4. The number of nitrogens with zero attached hydrogens (tertiary/aromatic N) is 1. The summed E-state index contributed by atoms with van der Waals surface area (Å²) in [6.45, 7) is 1.80. The summed E-state index contributed by atoms with van der Waals surface area (Å²) in [5, 5.41) is 0.